The van der Waals surface area contributed by atoms with Crippen LogP contribution in [0.15, 0.2) is 40.6 Å². The van der Waals surface area contributed by atoms with E-state index in [0.717, 1.165) is 23.3 Å². The molecule has 0 atom stereocenters. The molecule has 0 saturated carbocycles. The Kier molecular flexibility index (Phi) is 3.50. The Morgan fingerprint density at radius 3 is 3.15 bits per heavy atom. The molecule has 0 aromatic heterocycles. The van der Waals surface area contributed by atoms with Gasteiger partial charge in [0.05, 0.1) is 0 Å². The predicted molar refractivity (Wildman–Crippen MR) is 57.8 cm³/mol. The Morgan fingerprint density at radius 1 is 1.77 bits per heavy atom. The fraction of sp³-hybridized carbons (Fsp3) is 0.364. The average Bonchev–Trinajstić information content (AvgIpc) is 2.08. The average molecular weight is 176 g/mol. The molecule has 2 nitrogen and oxygen atoms in total. The minimum atomic E-state index is 0.667. The second-order valence-corrected chi connectivity index (χ2v) is 3.12. The second-order valence-electron chi connectivity index (χ2n) is 3.12. The van der Waals surface area contributed by atoms with Crippen LogP contribution in [0.25, 0.3) is 0 Å². The molecule has 1 aliphatic heterocycles. The van der Waals surface area contributed by atoms with Crippen LogP contribution < -0.4 is 5.32 Å². The van der Waals surface area contributed by atoms with Crippen LogP contribution in [0.2, 0.25) is 0 Å². The first kappa shape index (κ1) is 9.78. The van der Waals surface area contributed by atoms with Crippen molar-refractivity contribution in [2.45, 2.75) is 20.3 Å². The number of allylic oxidation sites excluding steroid dienone is 4. The van der Waals surface area contributed by atoms with Gasteiger partial charge >= 0.3 is 0 Å². The molecule has 2 heteroatoms. The van der Waals surface area contributed by atoms with Gasteiger partial charge in [0, 0.05) is 17.5 Å². The van der Waals surface area contributed by atoms with Gasteiger partial charge in [-0.2, -0.15) is 0 Å². The van der Waals surface area contributed by atoms with Gasteiger partial charge in [-0.3, -0.25) is 4.99 Å². The summed E-state index contributed by atoms with van der Waals surface area (Å²) >= 11 is 0. The normalized spacial score (nSPS) is 22.0. The van der Waals surface area contributed by atoms with Gasteiger partial charge in [-0.15, -0.1) is 0 Å². The van der Waals surface area contributed by atoms with E-state index in [1.165, 1.54) is 0 Å². The molecule has 0 saturated heterocycles. The number of rotatable bonds is 2. The summed E-state index contributed by atoms with van der Waals surface area (Å²) in [6.45, 7) is 8.63. The molecule has 1 rings (SSSR count). The molecule has 13 heavy (non-hydrogen) atoms. The van der Waals surface area contributed by atoms with Crippen molar-refractivity contribution in [3.63, 3.8) is 0 Å². The number of nitrogens with one attached hydrogen (secondary N) is 1. The van der Waals surface area contributed by atoms with E-state index in [9.17, 15) is 0 Å². The minimum absolute atomic E-state index is 0.667. The number of hydrogen-bond acceptors (Lipinski definition) is 2. The molecule has 70 valence electrons. The van der Waals surface area contributed by atoms with E-state index in [2.05, 4.69) is 29.9 Å². The van der Waals surface area contributed by atoms with Crippen LogP contribution in [0.5, 0.6) is 0 Å². The summed E-state index contributed by atoms with van der Waals surface area (Å²) in [4.78, 5) is 4.16. The zero-order chi connectivity index (χ0) is 9.68. The van der Waals surface area contributed by atoms with Crippen molar-refractivity contribution < 1.29 is 0 Å². The van der Waals surface area contributed by atoms with Gasteiger partial charge in [0.15, 0.2) is 0 Å². The fourth-order valence-corrected chi connectivity index (χ4v) is 1.21. The van der Waals surface area contributed by atoms with Crippen LogP contribution in [0.4, 0.5) is 0 Å². The first-order valence-electron chi connectivity index (χ1n) is 4.55. The zero-order valence-corrected chi connectivity index (χ0v) is 8.30. The molecular weight excluding hydrogens is 160 g/mol. The van der Waals surface area contributed by atoms with Gasteiger partial charge in [0.1, 0.15) is 6.67 Å². The molecule has 0 radical (unpaired) electrons. The van der Waals surface area contributed by atoms with E-state index in [1.807, 2.05) is 19.2 Å². The topological polar surface area (TPSA) is 24.4 Å². The molecule has 0 spiro atoms. The highest BCUT2D eigenvalue weighted by Gasteiger charge is 2.04. The highest BCUT2D eigenvalue weighted by atomic mass is 15.0. The summed E-state index contributed by atoms with van der Waals surface area (Å²) in [6, 6.07) is 0. The summed E-state index contributed by atoms with van der Waals surface area (Å²) in [6.07, 6.45) is 7.14. The third-order valence-electron chi connectivity index (χ3n) is 1.72. The standard InChI is InChI=1S/C11H16N2/c1-4-5-10-7-12-8-13-11(10)6-9(2)3/h5-7,13H,2,4,8H2,1,3H3/b10-5-,11-6+. The maximum absolute atomic E-state index is 4.16. The Hall–Kier alpha value is -1.31. The Bertz CT molecular complexity index is 282. The molecule has 0 amide bonds. The predicted octanol–water partition coefficient (Wildman–Crippen LogP) is 2.41. The zero-order valence-electron chi connectivity index (χ0n) is 8.30. The molecule has 1 heterocycles. The lowest BCUT2D eigenvalue weighted by Gasteiger charge is -2.14. The van der Waals surface area contributed by atoms with Crippen LogP contribution in [-0.4, -0.2) is 12.9 Å². The summed E-state index contributed by atoms with van der Waals surface area (Å²) < 4.78 is 0. The molecule has 0 aromatic carbocycles. The van der Waals surface area contributed by atoms with E-state index in [1.54, 1.807) is 0 Å². The molecule has 0 bridgehead atoms. The summed E-state index contributed by atoms with van der Waals surface area (Å²) in [7, 11) is 0. The first-order chi connectivity index (χ1) is 6.24. The summed E-state index contributed by atoms with van der Waals surface area (Å²) in [5, 5.41) is 3.22. The Balaban J connectivity index is 2.89. The van der Waals surface area contributed by atoms with Crippen LogP contribution in [0, 0.1) is 0 Å². The smallest absolute Gasteiger partial charge is 0.107 e. The minimum Gasteiger partial charge on any atom is -0.366 e. The van der Waals surface area contributed by atoms with Crippen molar-refractivity contribution in [3.05, 3.63) is 35.6 Å². The molecule has 0 aromatic rings. The van der Waals surface area contributed by atoms with Crippen LogP contribution >= 0.6 is 0 Å². The molecule has 0 fully saturated rings. The van der Waals surface area contributed by atoms with E-state index in [0.29, 0.717) is 6.67 Å². The maximum Gasteiger partial charge on any atom is 0.107 e. The van der Waals surface area contributed by atoms with Crippen molar-refractivity contribution in [1.29, 1.82) is 0 Å². The van der Waals surface area contributed by atoms with Crippen molar-refractivity contribution in [2.75, 3.05) is 6.67 Å². The van der Waals surface area contributed by atoms with Gasteiger partial charge in [0.2, 0.25) is 0 Å². The fourth-order valence-electron chi connectivity index (χ4n) is 1.21. The van der Waals surface area contributed by atoms with E-state index in [4.69, 9.17) is 0 Å². The van der Waals surface area contributed by atoms with Gasteiger partial charge in [-0.05, 0) is 19.4 Å². The summed E-state index contributed by atoms with van der Waals surface area (Å²) in [5.41, 5.74) is 3.35. The lowest BCUT2D eigenvalue weighted by atomic mass is 10.1. The van der Waals surface area contributed by atoms with E-state index < -0.39 is 0 Å². The van der Waals surface area contributed by atoms with Crippen molar-refractivity contribution >= 4 is 6.21 Å². The number of hydrogen-bond donors (Lipinski definition) is 1. The third-order valence-corrected chi connectivity index (χ3v) is 1.72. The highest BCUT2D eigenvalue weighted by Crippen LogP contribution is 2.11. The lowest BCUT2D eigenvalue weighted by Crippen LogP contribution is -2.20. The van der Waals surface area contributed by atoms with Gasteiger partial charge in [-0.1, -0.05) is 25.2 Å². The maximum atomic E-state index is 4.16. The van der Waals surface area contributed by atoms with Crippen LogP contribution in [0.3, 0.4) is 0 Å². The number of aliphatic imine (C=N–C) groups is 1. The van der Waals surface area contributed by atoms with Crippen LogP contribution in [-0.2, 0) is 0 Å². The van der Waals surface area contributed by atoms with E-state index in [-0.39, 0.29) is 0 Å². The quantitative estimate of drug-likeness (QED) is 0.686. The molecule has 1 aliphatic rings. The van der Waals surface area contributed by atoms with Gasteiger partial charge in [-0.25, -0.2) is 0 Å². The summed E-state index contributed by atoms with van der Waals surface area (Å²) in [5.74, 6) is 0. The van der Waals surface area contributed by atoms with Crippen LogP contribution in [0.1, 0.15) is 20.3 Å². The Morgan fingerprint density at radius 2 is 2.54 bits per heavy atom. The van der Waals surface area contributed by atoms with Gasteiger partial charge in [0.25, 0.3) is 0 Å². The van der Waals surface area contributed by atoms with Crippen molar-refractivity contribution in [2.24, 2.45) is 4.99 Å². The SMILES string of the molecule is C=C(C)/C=C1/NCN=C/C1=C/CC. The second kappa shape index (κ2) is 4.65. The third kappa shape index (κ3) is 2.90. The molecule has 0 aliphatic carbocycles. The highest BCUT2D eigenvalue weighted by molar-refractivity contribution is 5.85. The Labute approximate surface area is 79.8 Å². The largest absolute Gasteiger partial charge is 0.366 e. The lowest BCUT2D eigenvalue weighted by molar-refractivity contribution is 0.826. The molecule has 1 N–H and O–H groups in total. The van der Waals surface area contributed by atoms with E-state index >= 15 is 0 Å². The molecule has 0 unspecified atom stereocenters. The van der Waals surface area contributed by atoms with Crippen molar-refractivity contribution in [1.82, 2.24) is 5.32 Å². The molecular formula is C11H16N2. The first-order valence-corrected chi connectivity index (χ1v) is 4.55. The van der Waals surface area contributed by atoms with Gasteiger partial charge < -0.3 is 5.32 Å². The van der Waals surface area contributed by atoms with Crippen molar-refractivity contribution in [3.8, 4) is 0 Å². The number of nitrogens with zero attached hydrogens (tertiary/aromatic N) is 1. The monoisotopic (exact) mass is 176 g/mol.